The second kappa shape index (κ2) is 6.79. The van der Waals surface area contributed by atoms with Crippen LogP contribution >= 0.6 is 0 Å². The van der Waals surface area contributed by atoms with E-state index in [-0.39, 0.29) is 0 Å². The van der Waals surface area contributed by atoms with Gasteiger partial charge in [0.1, 0.15) is 0 Å². The second-order valence-electron chi connectivity index (χ2n) is 6.42. The van der Waals surface area contributed by atoms with Crippen molar-refractivity contribution in [1.82, 2.24) is 0 Å². The number of aryl methyl sites for hydroxylation is 1. The molecule has 0 aliphatic heterocycles. The number of rotatable bonds is 4. The van der Waals surface area contributed by atoms with Crippen LogP contribution < -0.4 is 10.6 Å². The van der Waals surface area contributed by atoms with Gasteiger partial charge in [-0.05, 0) is 66.8 Å². The summed E-state index contributed by atoms with van der Waals surface area (Å²) in [5.74, 6) is 0. The molecule has 1 aliphatic rings. The molecule has 3 aromatic rings. The average Bonchev–Trinajstić information content (AvgIpc) is 2.63. The Labute approximate surface area is 143 Å². The van der Waals surface area contributed by atoms with Gasteiger partial charge >= 0.3 is 0 Å². The zero-order valence-electron chi connectivity index (χ0n) is 13.7. The molecule has 0 heterocycles. The van der Waals surface area contributed by atoms with Crippen molar-refractivity contribution in [3.8, 4) is 0 Å². The van der Waals surface area contributed by atoms with E-state index in [9.17, 15) is 0 Å². The van der Waals surface area contributed by atoms with Crippen molar-refractivity contribution in [1.29, 1.82) is 0 Å². The van der Waals surface area contributed by atoms with Crippen molar-refractivity contribution in [2.75, 3.05) is 10.6 Å². The average molecular weight is 314 g/mol. The number of hydrogen-bond acceptors (Lipinski definition) is 2. The van der Waals surface area contributed by atoms with Crippen molar-refractivity contribution in [3.05, 3.63) is 90.0 Å². The summed E-state index contributed by atoms with van der Waals surface area (Å²) in [7, 11) is 0. The molecule has 0 fully saturated rings. The zero-order chi connectivity index (χ0) is 16.2. The normalized spacial score (nSPS) is 16.2. The van der Waals surface area contributed by atoms with E-state index < -0.39 is 0 Å². The summed E-state index contributed by atoms with van der Waals surface area (Å²) in [5, 5.41) is 7.17. The van der Waals surface area contributed by atoms with E-state index in [2.05, 4.69) is 83.4 Å². The van der Waals surface area contributed by atoms with Crippen LogP contribution in [-0.2, 0) is 12.8 Å². The molecule has 1 atom stereocenters. The number of hydrogen-bond donors (Lipinski definition) is 2. The molecular formula is C22H22N2. The molecule has 4 rings (SSSR count). The smallest absolute Gasteiger partial charge is 0.0387 e. The van der Waals surface area contributed by atoms with Gasteiger partial charge in [-0.2, -0.15) is 0 Å². The van der Waals surface area contributed by atoms with Crippen molar-refractivity contribution in [2.45, 2.75) is 25.3 Å². The maximum atomic E-state index is 3.67. The molecule has 0 spiro atoms. The largest absolute Gasteiger partial charge is 0.382 e. The van der Waals surface area contributed by atoms with E-state index in [0.717, 1.165) is 18.5 Å². The van der Waals surface area contributed by atoms with Crippen molar-refractivity contribution in [2.24, 2.45) is 0 Å². The molecule has 0 aromatic heterocycles. The van der Waals surface area contributed by atoms with Crippen molar-refractivity contribution >= 4 is 17.1 Å². The van der Waals surface area contributed by atoms with Crippen LogP contribution in [0.1, 0.15) is 17.5 Å². The Hall–Kier alpha value is -2.74. The minimum Gasteiger partial charge on any atom is -0.382 e. The molecule has 0 saturated carbocycles. The molecule has 2 nitrogen and oxygen atoms in total. The topological polar surface area (TPSA) is 24.1 Å². The molecule has 120 valence electrons. The van der Waals surface area contributed by atoms with Gasteiger partial charge < -0.3 is 10.6 Å². The highest BCUT2D eigenvalue weighted by Gasteiger charge is 2.18. The molecule has 24 heavy (non-hydrogen) atoms. The summed E-state index contributed by atoms with van der Waals surface area (Å²) in [6, 6.07) is 28.1. The molecular weight excluding hydrogens is 292 g/mol. The van der Waals surface area contributed by atoms with Gasteiger partial charge in [0, 0.05) is 23.1 Å². The summed E-state index contributed by atoms with van der Waals surface area (Å²) >= 11 is 0. The van der Waals surface area contributed by atoms with Crippen molar-refractivity contribution < 1.29 is 0 Å². The molecule has 3 aromatic carbocycles. The first-order chi connectivity index (χ1) is 11.9. The Morgan fingerprint density at radius 2 is 1.38 bits per heavy atom. The third kappa shape index (κ3) is 3.43. The maximum absolute atomic E-state index is 3.67. The van der Waals surface area contributed by atoms with E-state index in [1.807, 2.05) is 6.07 Å². The number of fused-ring (bicyclic) bond motifs is 1. The van der Waals surface area contributed by atoms with Crippen LogP contribution in [0, 0.1) is 0 Å². The molecule has 0 bridgehead atoms. The summed E-state index contributed by atoms with van der Waals surface area (Å²) < 4.78 is 0. The quantitative estimate of drug-likeness (QED) is 0.674. The molecule has 2 N–H and O–H groups in total. The Morgan fingerprint density at radius 3 is 2.12 bits per heavy atom. The van der Waals surface area contributed by atoms with Gasteiger partial charge in [0.25, 0.3) is 0 Å². The Balaban J connectivity index is 1.49. The van der Waals surface area contributed by atoms with E-state index in [1.165, 1.54) is 28.9 Å². The lowest BCUT2D eigenvalue weighted by Gasteiger charge is -2.27. The lowest BCUT2D eigenvalue weighted by atomic mass is 9.88. The number of benzene rings is 3. The molecule has 0 amide bonds. The third-order valence-electron chi connectivity index (χ3n) is 4.64. The van der Waals surface area contributed by atoms with E-state index in [4.69, 9.17) is 0 Å². The lowest BCUT2D eigenvalue weighted by molar-refractivity contribution is 0.611. The van der Waals surface area contributed by atoms with Gasteiger partial charge in [0.05, 0.1) is 0 Å². The number of para-hydroxylation sites is 2. The van der Waals surface area contributed by atoms with Crippen LogP contribution in [0.3, 0.4) is 0 Å². The van der Waals surface area contributed by atoms with Crippen LogP contribution in [0.25, 0.3) is 0 Å². The van der Waals surface area contributed by atoms with Gasteiger partial charge in [-0.25, -0.2) is 0 Å². The monoisotopic (exact) mass is 314 g/mol. The van der Waals surface area contributed by atoms with E-state index in [1.54, 1.807) is 0 Å². The highest BCUT2D eigenvalue weighted by Crippen LogP contribution is 2.27. The van der Waals surface area contributed by atoms with Crippen LogP contribution in [0.4, 0.5) is 17.1 Å². The highest BCUT2D eigenvalue weighted by molar-refractivity contribution is 5.61. The predicted molar refractivity (Wildman–Crippen MR) is 102 cm³/mol. The van der Waals surface area contributed by atoms with Crippen LogP contribution in [0.2, 0.25) is 0 Å². The fourth-order valence-electron chi connectivity index (χ4n) is 3.42. The minimum absolute atomic E-state index is 0.506. The minimum atomic E-state index is 0.506. The molecule has 1 aliphatic carbocycles. The lowest BCUT2D eigenvalue weighted by Crippen LogP contribution is -2.27. The molecule has 2 heteroatoms. The van der Waals surface area contributed by atoms with Crippen molar-refractivity contribution in [3.63, 3.8) is 0 Å². The standard InChI is InChI=1S/C22H22N2/c1-3-7-19(8-4-1)23-21-13-11-17-12-14-22(16-18(17)15-21)24-20-9-5-2-6-10-20/h1-11,13,15,22-24H,12,14,16H2. The SMILES string of the molecule is c1ccc(Nc2ccc3c(c2)CC(Nc2ccccc2)CC3)cc1. The summed E-state index contributed by atoms with van der Waals surface area (Å²) in [5.41, 5.74) is 6.45. The second-order valence-corrected chi connectivity index (χ2v) is 6.42. The van der Waals surface area contributed by atoms with Crippen LogP contribution in [0.15, 0.2) is 78.9 Å². The molecule has 1 unspecified atom stereocenters. The summed E-state index contributed by atoms with van der Waals surface area (Å²) in [6.07, 6.45) is 3.41. The predicted octanol–water partition coefficient (Wildman–Crippen LogP) is 5.40. The Bertz CT molecular complexity index is 797. The van der Waals surface area contributed by atoms with E-state index in [0.29, 0.717) is 6.04 Å². The third-order valence-corrected chi connectivity index (χ3v) is 4.64. The number of nitrogens with one attached hydrogen (secondary N) is 2. The van der Waals surface area contributed by atoms with Gasteiger partial charge in [-0.3, -0.25) is 0 Å². The fourth-order valence-corrected chi connectivity index (χ4v) is 3.42. The summed E-state index contributed by atoms with van der Waals surface area (Å²) in [6.45, 7) is 0. The first-order valence-corrected chi connectivity index (χ1v) is 8.62. The first-order valence-electron chi connectivity index (χ1n) is 8.62. The van der Waals surface area contributed by atoms with Gasteiger partial charge in [-0.1, -0.05) is 42.5 Å². The van der Waals surface area contributed by atoms with Crippen LogP contribution in [-0.4, -0.2) is 6.04 Å². The maximum Gasteiger partial charge on any atom is 0.0387 e. The van der Waals surface area contributed by atoms with Gasteiger partial charge in [0.2, 0.25) is 0 Å². The zero-order valence-corrected chi connectivity index (χ0v) is 13.7. The van der Waals surface area contributed by atoms with E-state index >= 15 is 0 Å². The highest BCUT2D eigenvalue weighted by atomic mass is 14.9. The molecule has 0 radical (unpaired) electrons. The van der Waals surface area contributed by atoms with Crippen LogP contribution in [0.5, 0.6) is 0 Å². The Kier molecular flexibility index (Phi) is 4.20. The van der Waals surface area contributed by atoms with Gasteiger partial charge in [0.15, 0.2) is 0 Å². The summed E-state index contributed by atoms with van der Waals surface area (Å²) in [4.78, 5) is 0. The number of anilines is 3. The molecule has 0 saturated heterocycles. The van der Waals surface area contributed by atoms with Gasteiger partial charge in [-0.15, -0.1) is 0 Å². The fraction of sp³-hybridized carbons (Fsp3) is 0.182. The Morgan fingerprint density at radius 1 is 0.667 bits per heavy atom. The first kappa shape index (κ1) is 14.8.